The maximum Gasteiger partial charge on any atom is 0.334 e. The number of likely N-dealkylation sites (tertiary alicyclic amines) is 1. The van der Waals surface area contributed by atoms with Crippen LogP contribution in [0.2, 0.25) is 0 Å². The number of amides is 2. The third-order valence-corrected chi connectivity index (χ3v) is 10.2. The molecule has 0 saturated carbocycles. The highest BCUT2D eigenvalue weighted by Crippen LogP contribution is 2.36. The highest BCUT2D eigenvalue weighted by Gasteiger charge is 2.57. The zero-order valence-corrected chi connectivity index (χ0v) is 29.9. The molecule has 52 heavy (non-hydrogen) atoms. The molecule has 6 rings (SSSR count). The molecule has 1 heterocycles. The monoisotopic (exact) mass is 732 g/mol. The summed E-state index contributed by atoms with van der Waals surface area (Å²) in [6.07, 6.45) is -2.62. The summed E-state index contributed by atoms with van der Waals surface area (Å²) in [5, 5.41) is 1.48. The lowest BCUT2D eigenvalue weighted by Gasteiger charge is -2.48. The maximum atomic E-state index is 14.2. The highest BCUT2D eigenvalue weighted by molar-refractivity contribution is 8.08. The lowest BCUT2D eigenvalue weighted by Crippen LogP contribution is -2.75. The third kappa shape index (κ3) is 8.07. The molecular formula is C42H37ClN2O6S. The van der Waals surface area contributed by atoms with Crippen molar-refractivity contribution in [3.05, 3.63) is 192 Å². The topological polar surface area (TPSA) is 102 Å². The maximum absolute atomic E-state index is 14.2. The number of carbonyl (C=O) groups is 3. The van der Waals surface area contributed by atoms with E-state index in [0.29, 0.717) is 5.56 Å². The smallest absolute Gasteiger partial charge is 0.334 e. The fourth-order valence-corrected chi connectivity index (χ4v) is 7.67. The molecular weight excluding hydrogens is 696 g/mol. The summed E-state index contributed by atoms with van der Waals surface area (Å²) in [5.41, 5.74) is 3.89. The Labute approximate surface area is 310 Å². The summed E-state index contributed by atoms with van der Waals surface area (Å²) in [5.74, 6) is -2.09. The van der Waals surface area contributed by atoms with Crippen LogP contribution in [-0.2, 0) is 33.9 Å². The Kier molecular flexibility index (Phi) is 11.8. The third-order valence-electron chi connectivity index (χ3n) is 8.79. The van der Waals surface area contributed by atoms with Crippen molar-refractivity contribution in [2.45, 2.75) is 42.7 Å². The number of rotatable bonds is 14. The van der Waals surface area contributed by atoms with Gasteiger partial charge in [0, 0.05) is 0 Å². The van der Waals surface area contributed by atoms with E-state index < -0.39 is 63.6 Å². The van der Waals surface area contributed by atoms with Crippen LogP contribution in [0, 0.1) is 0 Å². The Bertz CT molecular complexity index is 1940. The van der Waals surface area contributed by atoms with Gasteiger partial charge in [-0.05, 0) is 51.0 Å². The van der Waals surface area contributed by atoms with Crippen molar-refractivity contribution in [3.63, 3.8) is 0 Å². The number of β-lactam (4-membered cyclic amide) rings is 1. The van der Waals surface area contributed by atoms with Gasteiger partial charge in [-0.3, -0.25) is 9.59 Å². The number of hydrogen-bond acceptors (Lipinski definition) is 6. The van der Waals surface area contributed by atoms with E-state index in [1.54, 1.807) is 31.2 Å². The van der Waals surface area contributed by atoms with E-state index >= 15 is 0 Å². The van der Waals surface area contributed by atoms with E-state index in [0.717, 1.165) is 27.2 Å². The Morgan fingerprint density at radius 1 is 0.692 bits per heavy atom. The van der Waals surface area contributed by atoms with Gasteiger partial charge in [-0.2, -0.15) is 0 Å². The molecule has 0 aliphatic carbocycles. The van der Waals surface area contributed by atoms with Crippen LogP contribution < -0.4 is 5.32 Å². The van der Waals surface area contributed by atoms with Gasteiger partial charge in [0.1, 0.15) is 22.2 Å². The Morgan fingerprint density at radius 3 is 1.46 bits per heavy atom. The van der Waals surface area contributed by atoms with Crippen molar-refractivity contribution in [1.82, 2.24) is 10.2 Å². The number of benzene rings is 5. The van der Waals surface area contributed by atoms with Crippen LogP contribution in [0.15, 0.2) is 164 Å². The predicted octanol–water partition coefficient (Wildman–Crippen LogP) is 7.37. The second-order valence-corrected chi connectivity index (χ2v) is 14.3. The number of hydrogen-bond donors (Lipinski definition) is 1. The Balaban J connectivity index is 1.26. The summed E-state index contributed by atoms with van der Waals surface area (Å²) in [4.78, 5) is 43.2. The SMILES string of the molecule is C=C(C)C(C(=O)OC(c1ccccc1)c1ccccc1)N1C(=O)C(NC(=O)C(OC(c2ccccc2)c2ccccc2)c2ccccc2)C1S(=O)Cl. The molecule has 1 saturated heterocycles. The number of carbonyl (C=O) groups excluding carboxylic acids is 3. The molecule has 0 aromatic heterocycles. The molecule has 5 atom stereocenters. The molecule has 1 aliphatic heterocycles. The van der Waals surface area contributed by atoms with Gasteiger partial charge in [0.2, 0.25) is 5.91 Å². The van der Waals surface area contributed by atoms with E-state index in [2.05, 4.69) is 11.9 Å². The molecule has 1 N–H and O–H groups in total. The van der Waals surface area contributed by atoms with Gasteiger partial charge < -0.3 is 19.7 Å². The Hall–Kier alpha value is -5.35. The Morgan fingerprint density at radius 2 is 1.08 bits per heavy atom. The standard InChI is InChI=1S/C42H37ClN2O6S/c1-28(2)35(42(48)51-37(31-22-12-5-13-23-31)32-24-14-6-15-25-32)45-40(47)34(41(45)52(43)49)44-39(46)38(33-26-16-7-17-27-33)50-36(29-18-8-3-9-19-29)30-20-10-4-11-21-30/h3-27,34-38,41H,1H2,2H3,(H,44,46). The van der Waals surface area contributed by atoms with Crippen LogP contribution in [0.3, 0.4) is 0 Å². The fraction of sp³-hybridized carbons (Fsp3) is 0.167. The van der Waals surface area contributed by atoms with Crippen LogP contribution in [0.1, 0.15) is 53.1 Å². The molecule has 1 fully saturated rings. The summed E-state index contributed by atoms with van der Waals surface area (Å²) < 4.78 is 25.8. The second kappa shape index (κ2) is 16.8. The highest BCUT2D eigenvalue weighted by atomic mass is 35.7. The zero-order chi connectivity index (χ0) is 36.6. The minimum absolute atomic E-state index is 0.272. The van der Waals surface area contributed by atoms with E-state index in [-0.39, 0.29) is 5.57 Å². The predicted molar refractivity (Wildman–Crippen MR) is 201 cm³/mol. The van der Waals surface area contributed by atoms with E-state index in [1.165, 1.54) is 0 Å². The second-order valence-electron chi connectivity index (χ2n) is 12.4. The van der Waals surface area contributed by atoms with E-state index in [4.69, 9.17) is 20.2 Å². The molecule has 2 amide bonds. The van der Waals surface area contributed by atoms with Gasteiger partial charge in [0.05, 0.1) is 0 Å². The fourth-order valence-electron chi connectivity index (χ4n) is 6.30. The lowest BCUT2D eigenvalue weighted by atomic mass is 9.97. The van der Waals surface area contributed by atoms with Crippen LogP contribution in [0.4, 0.5) is 0 Å². The number of esters is 1. The van der Waals surface area contributed by atoms with Crippen LogP contribution in [-0.4, -0.2) is 44.4 Å². The summed E-state index contributed by atoms with van der Waals surface area (Å²) in [6.45, 7) is 5.54. The normalized spacial score (nSPS) is 17.2. The van der Waals surface area contributed by atoms with Gasteiger partial charge in [-0.25, -0.2) is 9.00 Å². The van der Waals surface area contributed by atoms with Crippen molar-refractivity contribution in [3.8, 4) is 0 Å². The first-order valence-electron chi connectivity index (χ1n) is 16.7. The average Bonchev–Trinajstić information content (AvgIpc) is 3.18. The molecule has 10 heteroatoms. The van der Waals surface area contributed by atoms with Gasteiger partial charge >= 0.3 is 5.97 Å². The lowest BCUT2D eigenvalue weighted by molar-refractivity contribution is -0.166. The molecule has 264 valence electrons. The van der Waals surface area contributed by atoms with E-state index in [1.807, 2.05) is 127 Å². The van der Waals surface area contributed by atoms with Crippen molar-refractivity contribution in [2.75, 3.05) is 0 Å². The molecule has 5 aromatic rings. The minimum Gasteiger partial charge on any atom is -0.451 e. The van der Waals surface area contributed by atoms with Crippen LogP contribution >= 0.6 is 10.7 Å². The zero-order valence-electron chi connectivity index (χ0n) is 28.3. The summed E-state index contributed by atoms with van der Waals surface area (Å²) in [6, 6.07) is 43.6. The number of nitrogens with one attached hydrogen (secondary N) is 1. The van der Waals surface area contributed by atoms with Gasteiger partial charge in [-0.15, -0.1) is 0 Å². The summed E-state index contributed by atoms with van der Waals surface area (Å²) in [7, 11) is 4.01. The van der Waals surface area contributed by atoms with Crippen molar-refractivity contribution in [1.29, 1.82) is 0 Å². The molecule has 5 unspecified atom stereocenters. The number of ether oxygens (including phenoxy) is 2. The van der Waals surface area contributed by atoms with Crippen LogP contribution in [0.5, 0.6) is 0 Å². The average molecular weight is 733 g/mol. The first kappa shape index (κ1) is 36.4. The molecule has 0 bridgehead atoms. The van der Waals surface area contributed by atoms with Gasteiger partial charge in [0.25, 0.3) is 5.91 Å². The summed E-state index contributed by atoms with van der Waals surface area (Å²) >= 11 is 0. The van der Waals surface area contributed by atoms with Crippen molar-refractivity contribution >= 4 is 38.5 Å². The number of nitrogens with zero attached hydrogens (tertiary/aromatic N) is 1. The van der Waals surface area contributed by atoms with Crippen LogP contribution in [0.25, 0.3) is 0 Å². The largest absolute Gasteiger partial charge is 0.451 e. The van der Waals surface area contributed by atoms with Crippen molar-refractivity contribution in [2.24, 2.45) is 0 Å². The minimum atomic E-state index is -2.21. The molecule has 8 nitrogen and oxygen atoms in total. The van der Waals surface area contributed by atoms with Gasteiger partial charge in [-0.1, -0.05) is 158 Å². The van der Waals surface area contributed by atoms with E-state index in [9.17, 15) is 18.6 Å². The molecule has 0 radical (unpaired) electrons. The van der Waals surface area contributed by atoms with Crippen molar-refractivity contribution < 1.29 is 28.1 Å². The first-order chi connectivity index (χ1) is 25.2. The first-order valence-corrected chi connectivity index (χ1v) is 18.7. The quantitative estimate of drug-likeness (QED) is 0.0554. The number of halogens is 1. The van der Waals surface area contributed by atoms with Gasteiger partial charge in [0.15, 0.2) is 23.6 Å². The molecule has 1 aliphatic rings. The molecule has 0 spiro atoms. The molecule has 5 aromatic carbocycles.